The number of fused-ring (bicyclic) bond motifs is 1. The van der Waals surface area contributed by atoms with Crippen molar-refractivity contribution in [3.8, 4) is 5.88 Å². The Hall–Kier alpha value is -2.31. The zero-order valence-corrected chi connectivity index (χ0v) is 13.3. The van der Waals surface area contributed by atoms with E-state index in [1.807, 2.05) is 20.8 Å². The molecule has 1 aliphatic heterocycles. The number of nitrogens with one attached hydrogen (secondary N) is 1. The molecule has 0 radical (unpaired) electrons. The van der Waals surface area contributed by atoms with Gasteiger partial charge < -0.3 is 19.7 Å². The largest absolute Gasteiger partial charge is 0.480 e. The van der Waals surface area contributed by atoms with E-state index in [0.29, 0.717) is 37.5 Å². The molecule has 2 rings (SSSR count). The molecular weight excluding hydrogens is 286 g/mol. The minimum atomic E-state index is -0.528. The molecule has 22 heavy (non-hydrogen) atoms. The van der Waals surface area contributed by atoms with Gasteiger partial charge in [0.05, 0.1) is 19.3 Å². The molecule has 2 amide bonds. The molecule has 2 heterocycles. The van der Waals surface area contributed by atoms with Crippen molar-refractivity contribution in [3.63, 3.8) is 0 Å². The Balaban J connectivity index is 2.20. The zero-order valence-electron chi connectivity index (χ0n) is 13.3. The molecule has 0 fully saturated rings. The molecule has 120 valence electrons. The topological polar surface area (TPSA) is 80.8 Å². The highest BCUT2D eigenvalue weighted by molar-refractivity contribution is 5.75. The minimum absolute atomic E-state index is 0.348. The first-order chi connectivity index (χ1) is 10.3. The Kier molecular flexibility index (Phi) is 4.54. The van der Waals surface area contributed by atoms with Gasteiger partial charge >= 0.3 is 6.09 Å². The number of carbonyl (C=O) groups is 2. The summed E-state index contributed by atoms with van der Waals surface area (Å²) in [5.41, 5.74) is 1.71. The van der Waals surface area contributed by atoms with Gasteiger partial charge in [0.25, 0.3) is 0 Å². The summed E-state index contributed by atoms with van der Waals surface area (Å²) in [4.78, 5) is 28.8. The smallest absolute Gasteiger partial charge is 0.410 e. The van der Waals surface area contributed by atoms with E-state index in [9.17, 15) is 9.59 Å². The summed E-state index contributed by atoms with van der Waals surface area (Å²) in [6, 6.07) is 1.78. The summed E-state index contributed by atoms with van der Waals surface area (Å²) in [6.07, 6.45) is 0.839. The Labute approximate surface area is 129 Å². The predicted molar refractivity (Wildman–Crippen MR) is 80.8 cm³/mol. The van der Waals surface area contributed by atoms with Gasteiger partial charge in [0, 0.05) is 13.0 Å². The van der Waals surface area contributed by atoms with E-state index in [0.717, 1.165) is 11.3 Å². The van der Waals surface area contributed by atoms with Gasteiger partial charge in [-0.1, -0.05) is 0 Å². The van der Waals surface area contributed by atoms with Crippen LogP contribution in [0.15, 0.2) is 6.07 Å². The number of ether oxygens (including phenoxy) is 2. The van der Waals surface area contributed by atoms with Gasteiger partial charge in [0.15, 0.2) is 0 Å². The van der Waals surface area contributed by atoms with Crippen LogP contribution < -0.4 is 10.1 Å². The van der Waals surface area contributed by atoms with Gasteiger partial charge in [-0.05, 0) is 32.4 Å². The lowest BCUT2D eigenvalue weighted by atomic mass is 10.1. The van der Waals surface area contributed by atoms with Crippen LogP contribution in [0.4, 0.5) is 10.5 Å². The number of aromatic nitrogens is 1. The maximum absolute atomic E-state index is 12.1. The monoisotopic (exact) mass is 307 g/mol. The fourth-order valence-corrected chi connectivity index (χ4v) is 2.26. The Morgan fingerprint density at radius 1 is 1.45 bits per heavy atom. The lowest BCUT2D eigenvalue weighted by Crippen LogP contribution is -2.40. The average Bonchev–Trinajstić information content (AvgIpc) is 2.44. The second-order valence-corrected chi connectivity index (χ2v) is 6.07. The molecule has 0 saturated carbocycles. The van der Waals surface area contributed by atoms with Gasteiger partial charge in [-0.15, -0.1) is 0 Å². The fraction of sp³-hybridized carbons (Fsp3) is 0.533. The highest BCUT2D eigenvalue weighted by atomic mass is 16.6. The molecule has 1 aromatic heterocycles. The van der Waals surface area contributed by atoms with Gasteiger partial charge in [-0.3, -0.25) is 4.79 Å². The minimum Gasteiger partial charge on any atom is -0.480 e. The molecule has 0 atom stereocenters. The van der Waals surface area contributed by atoms with Crippen molar-refractivity contribution in [2.45, 2.75) is 39.3 Å². The SMILES string of the molecule is COc1nc2c(cc1NC=O)CN(C(=O)OC(C)(C)C)CC2. The number of hydrogen-bond acceptors (Lipinski definition) is 5. The number of nitrogens with zero attached hydrogens (tertiary/aromatic N) is 2. The molecule has 0 aliphatic carbocycles. The van der Waals surface area contributed by atoms with Gasteiger partial charge in [0.2, 0.25) is 12.3 Å². The molecule has 0 spiro atoms. The van der Waals surface area contributed by atoms with Crippen LogP contribution in [0.2, 0.25) is 0 Å². The standard InChI is InChI=1S/C15H21N3O4/c1-15(2,3)22-14(20)18-6-5-11-10(8-18)7-12(16-9-19)13(17-11)21-4/h7,9H,5-6,8H2,1-4H3,(H,16,19). The van der Waals surface area contributed by atoms with Crippen molar-refractivity contribution in [3.05, 3.63) is 17.3 Å². The van der Waals surface area contributed by atoms with E-state index in [1.54, 1.807) is 11.0 Å². The van der Waals surface area contributed by atoms with Crippen LogP contribution >= 0.6 is 0 Å². The molecule has 1 N–H and O–H groups in total. The molecule has 0 saturated heterocycles. The maximum atomic E-state index is 12.1. The Bertz CT molecular complexity index is 581. The summed E-state index contributed by atoms with van der Waals surface area (Å²) in [6.45, 7) is 6.44. The first-order valence-electron chi connectivity index (χ1n) is 7.09. The lowest BCUT2D eigenvalue weighted by Gasteiger charge is -2.31. The van der Waals surface area contributed by atoms with Crippen LogP contribution in [0.1, 0.15) is 32.0 Å². The lowest BCUT2D eigenvalue weighted by molar-refractivity contribution is -0.105. The normalized spacial score (nSPS) is 14.1. The average molecular weight is 307 g/mol. The molecule has 7 nitrogen and oxygen atoms in total. The second-order valence-electron chi connectivity index (χ2n) is 6.07. The molecule has 1 aromatic rings. The quantitative estimate of drug-likeness (QED) is 0.863. The number of methoxy groups -OCH3 is 1. The van der Waals surface area contributed by atoms with Crippen LogP contribution in [0.25, 0.3) is 0 Å². The number of carbonyl (C=O) groups excluding carboxylic acids is 2. The van der Waals surface area contributed by atoms with Gasteiger partial charge in [0.1, 0.15) is 11.3 Å². The van der Waals surface area contributed by atoms with Crippen molar-refractivity contribution in [1.82, 2.24) is 9.88 Å². The third kappa shape index (κ3) is 3.66. The van der Waals surface area contributed by atoms with E-state index >= 15 is 0 Å². The third-order valence-electron chi connectivity index (χ3n) is 3.20. The summed E-state index contributed by atoms with van der Waals surface area (Å²) in [5, 5.41) is 2.56. The fourth-order valence-electron chi connectivity index (χ4n) is 2.26. The number of anilines is 1. The summed E-state index contributed by atoms with van der Waals surface area (Å²) in [5.74, 6) is 0.372. The third-order valence-corrected chi connectivity index (χ3v) is 3.20. The highest BCUT2D eigenvalue weighted by Crippen LogP contribution is 2.28. The van der Waals surface area contributed by atoms with E-state index in [2.05, 4.69) is 10.3 Å². The van der Waals surface area contributed by atoms with E-state index in [-0.39, 0.29) is 6.09 Å². The number of hydrogen-bond donors (Lipinski definition) is 1. The molecule has 0 unspecified atom stereocenters. The van der Waals surface area contributed by atoms with Crippen LogP contribution in [0.3, 0.4) is 0 Å². The Morgan fingerprint density at radius 2 is 2.18 bits per heavy atom. The van der Waals surface area contributed by atoms with Crippen LogP contribution in [0, 0.1) is 0 Å². The van der Waals surface area contributed by atoms with Crippen LogP contribution in [0.5, 0.6) is 5.88 Å². The number of amides is 2. The van der Waals surface area contributed by atoms with Crippen molar-refractivity contribution in [2.75, 3.05) is 19.0 Å². The summed E-state index contributed by atoms with van der Waals surface area (Å²) < 4.78 is 10.6. The van der Waals surface area contributed by atoms with Crippen molar-refractivity contribution in [1.29, 1.82) is 0 Å². The molecule has 0 bridgehead atoms. The first kappa shape index (κ1) is 16.1. The molecular formula is C15H21N3O4. The van der Waals surface area contributed by atoms with Crippen LogP contribution in [-0.4, -0.2) is 41.6 Å². The van der Waals surface area contributed by atoms with Gasteiger partial charge in [-0.2, -0.15) is 0 Å². The summed E-state index contributed by atoms with van der Waals surface area (Å²) >= 11 is 0. The van der Waals surface area contributed by atoms with Crippen molar-refractivity contribution >= 4 is 18.2 Å². The van der Waals surface area contributed by atoms with E-state index < -0.39 is 5.60 Å². The van der Waals surface area contributed by atoms with E-state index in [4.69, 9.17) is 9.47 Å². The maximum Gasteiger partial charge on any atom is 0.410 e. The summed E-state index contributed by atoms with van der Waals surface area (Å²) in [7, 11) is 1.50. The first-order valence-corrected chi connectivity index (χ1v) is 7.09. The highest BCUT2D eigenvalue weighted by Gasteiger charge is 2.27. The van der Waals surface area contributed by atoms with Crippen molar-refractivity contribution < 1.29 is 19.1 Å². The van der Waals surface area contributed by atoms with Gasteiger partial charge in [-0.25, -0.2) is 9.78 Å². The number of rotatable bonds is 3. The second kappa shape index (κ2) is 6.21. The zero-order chi connectivity index (χ0) is 16.3. The molecule has 0 aromatic carbocycles. The van der Waals surface area contributed by atoms with Crippen molar-refractivity contribution in [2.24, 2.45) is 0 Å². The number of pyridine rings is 1. The predicted octanol–water partition coefficient (Wildman–Crippen LogP) is 1.95. The van der Waals surface area contributed by atoms with E-state index in [1.165, 1.54) is 7.11 Å². The molecule has 1 aliphatic rings. The molecule has 7 heteroatoms. The van der Waals surface area contributed by atoms with Crippen LogP contribution in [-0.2, 0) is 22.5 Å². The Morgan fingerprint density at radius 3 is 2.77 bits per heavy atom.